The van der Waals surface area contributed by atoms with Crippen molar-refractivity contribution in [3.63, 3.8) is 0 Å². The van der Waals surface area contributed by atoms with Crippen LogP contribution < -0.4 is 15.4 Å². The molecule has 0 spiro atoms. The van der Waals surface area contributed by atoms with Gasteiger partial charge < -0.3 is 20.1 Å². The van der Waals surface area contributed by atoms with Gasteiger partial charge in [0.2, 0.25) is 0 Å². The van der Waals surface area contributed by atoms with Gasteiger partial charge in [-0.2, -0.15) is 0 Å². The lowest BCUT2D eigenvalue weighted by atomic mass is 9.95. The molecule has 1 aromatic rings. The number of rotatable bonds is 6. The van der Waals surface area contributed by atoms with Crippen molar-refractivity contribution in [3.8, 4) is 5.75 Å². The largest absolute Gasteiger partial charge is 0.492 e. The minimum atomic E-state index is -0.641. The van der Waals surface area contributed by atoms with Gasteiger partial charge in [0.1, 0.15) is 5.75 Å². The van der Waals surface area contributed by atoms with Crippen molar-refractivity contribution >= 4 is 23.6 Å². The number of hydrogen-bond acceptors (Lipinski definition) is 4. The molecule has 25 heavy (non-hydrogen) atoms. The summed E-state index contributed by atoms with van der Waals surface area (Å²) in [4.78, 5) is 24.3. The molecule has 136 valence electrons. The van der Waals surface area contributed by atoms with Crippen LogP contribution in [0, 0.1) is 0 Å². The first-order valence-corrected chi connectivity index (χ1v) is 8.62. The van der Waals surface area contributed by atoms with Crippen molar-refractivity contribution in [2.75, 3.05) is 6.61 Å². The maximum atomic E-state index is 12.5. The monoisotopic (exact) mass is 366 g/mol. The van der Waals surface area contributed by atoms with Crippen LogP contribution in [0.15, 0.2) is 29.5 Å². The average Bonchev–Trinajstić information content (AvgIpc) is 2.52. The third-order valence-electron chi connectivity index (χ3n) is 3.58. The molecule has 0 radical (unpaired) electrons. The number of benzene rings is 1. The first-order valence-electron chi connectivity index (χ1n) is 8.25. The van der Waals surface area contributed by atoms with Gasteiger partial charge in [-0.15, -0.1) is 0 Å². The molecular formula is C18H23ClN2O4. The van der Waals surface area contributed by atoms with E-state index in [1.807, 2.05) is 6.92 Å². The van der Waals surface area contributed by atoms with E-state index >= 15 is 0 Å². The second-order valence-corrected chi connectivity index (χ2v) is 6.47. The highest BCUT2D eigenvalue weighted by molar-refractivity contribution is 6.32. The molecule has 0 saturated carbocycles. The summed E-state index contributed by atoms with van der Waals surface area (Å²) in [5.74, 6) is 0.0898. The van der Waals surface area contributed by atoms with E-state index in [-0.39, 0.29) is 12.1 Å². The SMILES string of the molecule is CCCOc1ccc(C2NC(=O)NC(C)=C2C(=O)OC(C)C)cc1Cl. The van der Waals surface area contributed by atoms with Gasteiger partial charge in [-0.1, -0.05) is 24.6 Å². The van der Waals surface area contributed by atoms with Gasteiger partial charge in [0.15, 0.2) is 0 Å². The molecular weight excluding hydrogens is 344 g/mol. The topological polar surface area (TPSA) is 76.7 Å². The predicted octanol–water partition coefficient (Wildman–Crippen LogP) is 3.71. The van der Waals surface area contributed by atoms with Crippen LogP contribution in [0.4, 0.5) is 4.79 Å². The van der Waals surface area contributed by atoms with Crippen LogP contribution in [0.1, 0.15) is 45.7 Å². The predicted molar refractivity (Wildman–Crippen MR) is 95.6 cm³/mol. The van der Waals surface area contributed by atoms with Crippen molar-refractivity contribution < 1.29 is 19.1 Å². The Morgan fingerprint density at radius 3 is 2.68 bits per heavy atom. The fraction of sp³-hybridized carbons (Fsp3) is 0.444. The number of hydrogen-bond donors (Lipinski definition) is 2. The lowest BCUT2D eigenvalue weighted by Crippen LogP contribution is -2.45. The molecule has 2 rings (SSSR count). The summed E-state index contributed by atoms with van der Waals surface area (Å²) in [5, 5.41) is 5.78. The van der Waals surface area contributed by atoms with E-state index in [0.29, 0.717) is 34.2 Å². The van der Waals surface area contributed by atoms with Gasteiger partial charge in [0, 0.05) is 5.70 Å². The molecule has 2 N–H and O–H groups in total. The number of ether oxygens (including phenoxy) is 2. The quantitative estimate of drug-likeness (QED) is 0.752. The molecule has 1 atom stereocenters. The summed E-state index contributed by atoms with van der Waals surface area (Å²) in [5.41, 5.74) is 1.49. The summed E-state index contributed by atoms with van der Waals surface area (Å²) in [6.45, 7) is 7.78. The van der Waals surface area contributed by atoms with Crippen LogP contribution in [0.25, 0.3) is 0 Å². The van der Waals surface area contributed by atoms with E-state index in [9.17, 15) is 9.59 Å². The highest BCUT2D eigenvalue weighted by Crippen LogP contribution is 2.33. The van der Waals surface area contributed by atoms with Gasteiger partial charge in [0.25, 0.3) is 0 Å². The molecule has 1 aromatic carbocycles. The molecule has 1 aliphatic heterocycles. The Kier molecular flexibility index (Phi) is 6.31. The van der Waals surface area contributed by atoms with Crippen molar-refractivity contribution in [2.24, 2.45) is 0 Å². The van der Waals surface area contributed by atoms with Crippen LogP contribution in [-0.4, -0.2) is 24.7 Å². The van der Waals surface area contributed by atoms with E-state index in [1.54, 1.807) is 39.0 Å². The molecule has 0 aliphatic carbocycles. The molecule has 1 unspecified atom stereocenters. The Bertz CT molecular complexity index is 700. The summed E-state index contributed by atoms with van der Waals surface area (Å²) >= 11 is 6.28. The van der Waals surface area contributed by atoms with Crippen LogP contribution in [-0.2, 0) is 9.53 Å². The molecule has 1 aliphatic rings. The Hall–Kier alpha value is -2.21. The molecule has 0 saturated heterocycles. The zero-order chi connectivity index (χ0) is 18.6. The number of halogens is 1. The van der Waals surface area contributed by atoms with Crippen molar-refractivity contribution in [1.29, 1.82) is 0 Å². The minimum Gasteiger partial charge on any atom is -0.492 e. The Balaban J connectivity index is 2.37. The number of carbonyl (C=O) groups excluding carboxylic acids is 2. The van der Waals surface area contributed by atoms with Crippen LogP contribution in [0.5, 0.6) is 5.75 Å². The number of esters is 1. The number of carbonyl (C=O) groups is 2. The van der Waals surface area contributed by atoms with Crippen molar-refractivity contribution in [2.45, 2.75) is 46.3 Å². The van der Waals surface area contributed by atoms with Gasteiger partial charge >= 0.3 is 12.0 Å². The maximum absolute atomic E-state index is 12.5. The summed E-state index contributed by atoms with van der Waals surface area (Å²) in [7, 11) is 0. The van der Waals surface area contributed by atoms with Crippen LogP contribution in [0.2, 0.25) is 5.02 Å². The smallest absolute Gasteiger partial charge is 0.338 e. The lowest BCUT2D eigenvalue weighted by Gasteiger charge is -2.28. The van der Waals surface area contributed by atoms with Gasteiger partial charge in [0.05, 0.1) is 29.3 Å². The van der Waals surface area contributed by atoms with Crippen LogP contribution >= 0.6 is 11.6 Å². The molecule has 0 aromatic heterocycles. The van der Waals surface area contributed by atoms with E-state index in [1.165, 1.54) is 0 Å². The lowest BCUT2D eigenvalue weighted by molar-refractivity contribution is -0.143. The van der Waals surface area contributed by atoms with Crippen LogP contribution in [0.3, 0.4) is 0 Å². The van der Waals surface area contributed by atoms with E-state index in [0.717, 1.165) is 6.42 Å². The number of nitrogens with one attached hydrogen (secondary N) is 2. The molecule has 7 heteroatoms. The minimum absolute atomic E-state index is 0.264. The molecule has 0 fully saturated rings. The summed E-state index contributed by atoms with van der Waals surface area (Å²) in [6, 6.07) is 4.19. The second-order valence-electron chi connectivity index (χ2n) is 6.06. The fourth-order valence-corrected chi connectivity index (χ4v) is 2.76. The maximum Gasteiger partial charge on any atom is 0.338 e. The highest BCUT2D eigenvalue weighted by atomic mass is 35.5. The van der Waals surface area contributed by atoms with Crippen molar-refractivity contribution in [3.05, 3.63) is 40.1 Å². The Morgan fingerprint density at radius 1 is 1.36 bits per heavy atom. The highest BCUT2D eigenvalue weighted by Gasteiger charge is 2.32. The Morgan fingerprint density at radius 2 is 2.08 bits per heavy atom. The molecule has 6 nitrogen and oxygen atoms in total. The van der Waals surface area contributed by atoms with Crippen molar-refractivity contribution in [1.82, 2.24) is 10.6 Å². The zero-order valence-electron chi connectivity index (χ0n) is 14.8. The normalized spacial score (nSPS) is 17.2. The van der Waals surface area contributed by atoms with E-state index in [4.69, 9.17) is 21.1 Å². The van der Waals surface area contributed by atoms with E-state index in [2.05, 4.69) is 10.6 Å². The Labute approximate surface area is 152 Å². The summed E-state index contributed by atoms with van der Waals surface area (Å²) < 4.78 is 10.9. The second kappa shape index (κ2) is 8.25. The average molecular weight is 367 g/mol. The van der Waals surface area contributed by atoms with Gasteiger partial charge in [-0.3, -0.25) is 0 Å². The third-order valence-corrected chi connectivity index (χ3v) is 3.88. The summed E-state index contributed by atoms with van der Waals surface area (Å²) in [6.07, 6.45) is 0.606. The molecule has 0 bridgehead atoms. The number of allylic oxidation sites excluding steroid dienone is 1. The van der Waals surface area contributed by atoms with Gasteiger partial charge in [-0.25, -0.2) is 9.59 Å². The molecule has 2 amide bonds. The van der Waals surface area contributed by atoms with E-state index < -0.39 is 12.0 Å². The third kappa shape index (κ3) is 4.66. The number of amides is 2. The standard InChI is InChI=1S/C18H23ClN2O4/c1-5-8-24-14-7-6-12(9-13(14)19)16-15(17(22)25-10(2)3)11(4)20-18(23)21-16/h6-7,9-10,16H,5,8H2,1-4H3,(H2,20,21,23). The molecule has 1 heterocycles. The fourth-order valence-electron chi connectivity index (χ4n) is 2.52. The number of urea groups is 1. The van der Waals surface area contributed by atoms with Gasteiger partial charge in [-0.05, 0) is 44.9 Å². The first-order chi connectivity index (χ1) is 11.8. The zero-order valence-corrected chi connectivity index (χ0v) is 15.6. The first kappa shape index (κ1) is 19.1.